The SMILES string of the molecule is Cc1ccc(CCc2nnc(C(C)C(=O)O)o2)cc1. The van der Waals surface area contributed by atoms with E-state index in [0.29, 0.717) is 12.3 Å². The topological polar surface area (TPSA) is 76.2 Å². The van der Waals surface area contributed by atoms with Gasteiger partial charge in [-0.3, -0.25) is 4.79 Å². The molecule has 0 spiro atoms. The third-order valence-corrected chi connectivity index (χ3v) is 2.97. The van der Waals surface area contributed by atoms with E-state index in [4.69, 9.17) is 9.52 Å². The fourth-order valence-electron chi connectivity index (χ4n) is 1.65. The summed E-state index contributed by atoms with van der Waals surface area (Å²) in [5.74, 6) is -1.09. The lowest BCUT2D eigenvalue weighted by Crippen LogP contribution is -2.07. The van der Waals surface area contributed by atoms with Gasteiger partial charge in [0.2, 0.25) is 11.8 Å². The highest BCUT2D eigenvalue weighted by Crippen LogP contribution is 2.15. The molecule has 1 aromatic heterocycles. The lowest BCUT2D eigenvalue weighted by Gasteiger charge is -2.00. The van der Waals surface area contributed by atoms with Gasteiger partial charge < -0.3 is 9.52 Å². The van der Waals surface area contributed by atoms with E-state index in [0.717, 1.165) is 6.42 Å². The fourth-order valence-corrected chi connectivity index (χ4v) is 1.65. The molecule has 5 heteroatoms. The van der Waals surface area contributed by atoms with Gasteiger partial charge in [-0.25, -0.2) is 0 Å². The molecule has 19 heavy (non-hydrogen) atoms. The Morgan fingerprint density at radius 2 is 1.95 bits per heavy atom. The molecule has 0 fully saturated rings. The van der Waals surface area contributed by atoms with Crippen LogP contribution >= 0.6 is 0 Å². The highest BCUT2D eigenvalue weighted by Gasteiger charge is 2.20. The molecule has 0 saturated carbocycles. The Morgan fingerprint density at radius 3 is 2.58 bits per heavy atom. The van der Waals surface area contributed by atoms with Crippen LogP contribution in [0.2, 0.25) is 0 Å². The van der Waals surface area contributed by atoms with Crippen LogP contribution in [0.4, 0.5) is 0 Å². The van der Waals surface area contributed by atoms with E-state index in [1.165, 1.54) is 18.1 Å². The summed E-state index contributed by atoms with van der Waals surface area (Å²) >= 11 is 0. The Bertz CT molecular complexity index is 560. The van der Waals surface area contributed by atoms with E-state index >= 15 is 0 Å². The molecular formula is C14H16N2O3. The van der Waals surface area contributed by atoms with E-state index in [1.54, 1.807) is 0 Å². The average molecular weight is 260 g/mol. The van der Waals surface area contributed by atoms with Crippen molar-refractivity contribution in [1.82, 2.24) is 10.2 Å². The second-order valence-electron chi connectivity index (χ2n) is 4.58. The van der Waals surface area contributed by atoms with Gasteiger partial charge in [-0.2, -0.15) is 0 Å². The van der Waals surface area contributed by atoms with Crippen LogP contribution in [0.5, 0.6) is 0 Å². The predicted octanol–water partition coefficient (Wildman–Crippen LogP) is 2.35. The molecule has 1 N–H and O–H groups in total. The fraction of sp³-hybridized carbons (Fsp3) is 0.357. The largest absolute Gasteiger partial charge is 0.481 e. The van der Waals surface area contributed by atoms with E-state index in [2.05, 4.69) is 34.5 Å². The molecule has 5 nitrogen and oxygen atoms in total. The summed E-state index contributed by atoms with van der Waals surface area (Å²) in [6, 6.07) is 8.24. The van der Waals surface area contributed by atoms with Crippen LogP contribution in [-0.2, 0) is 17.6 Å². The number of carboxylic acids is 1. The van der Waals surface area contributed by atoms with Gasteiger partial charge in [-0.1, -0.05) is 29.8 Å². The zero-order valence-electron chi connectivity index (χ0n) is 11.0. The van der Waals surface area contributed by atoms with E-state index in [-0.39, 0.29) is 5.89 Å². The molecule has 2 aromatic rings. The minimum atomic E-state index is -0.964. The Labute approximate surface area is 111 Å². The number of aromatic nitrogens is 2. The van der Waals surface area contributed by atoms with Gasteiger partial charge in [0.25, 0.3) is 0 Å². The summed E-state index contributed by atoms with van der Waals surface area (Å²) in [5, 5.41) is 16.5. The van der Waals surface area contributed by atoms with Crippen molar-refractivity contribution in [3.05, 3.63) is 47.2 Å². The van der Waals surface area contributed by atoms with Crippen molar-refractivity contribution >= 4 is 5.97 Å². The summed E-state index contributed by atoms with van der Waals surface area (Å²) in [6.07, 6.45) is 1.41. The third-order valence-electron chi connectivity index (χ3n) is 2.97. The Hall–Kier alpha value is -2.17. The van der Waals surface area contributed by atoms with Gasteiger partial charge >= 0.3 is 5.97 Å². The zero-order valence-corrected chi connectivity index (χ0v) is 11.0. The Balaban J connectivity index is 1.97. The average Bonchev–Trinajstić information content (AvgIpc) is 2.86. The number of rotatable bonds is 5. The first-order chi connectivity index (χ1) is 9.06. The van der Waals surface area contributed by atoms with Crippen molar-refractivity contribution in [2.24, 2.45) is 0 Å². The van der Waals surface area contributed by atoms with Crippen molar-refractivity contribution in [3.8, 4) is 0 Å². The first-order valence-corrected chi connectivity index (χ1v) is 6.17. The van der Waals surface area contributed by atoms with E-state index in [9.17, 15) is 4.79 Å². The van der Waals surface area contributed by atoms with Gasteiger partial charge in [0.05, 0.1) is 0 Å². The smallest absolute Gasteiger partial charge is 0.315 e. The van der Waals surface area contributed by atoms with Crippen LogP contribution in [-0.4, -0.2) is 21.3 Å². The normalized spacial score (nSPS) is 12.3. The quantitative estimate of drug-likeness (QED) is 0.893. The van der Waals surface area contributed by atoms with Gasteiger partial charge in [0.15, 0.2) is 0 Å². The Morgan fingerprint density at radius 1 is 1.26 bits per heavy atom. The van der Waals surface area contributed by atoms with Gasteiger partial charge in [0, 0.05) is 6.42 Å². The molecule has 2 rings (SSSR count). The lowest BCUT2D eigenvalue weighted by atomic mass is 10.1. The van der Waals surface area contributed by atoms with E-state index < -0.39 is 11.9 Å². The van der Waals surface area contributed by atoms with E-state index in [1.807, 2.05) is 6.92 Å². The summed E-state index contributed by atoms with van der Waals surface area (Å²) in [7, 11) is 0. The minimum absolute atomic E-state index is 0.159. The number of aliphatic carboxylic acids is 1. The van der Waals surface area contributed by atoms with Crippen molar-refractivity contribution < 1.29 is 14.3 Å². The lowest BCUT2D eigenvalue weighted by molar-refractivity contribution is -0.138. The van der Waals surface area contributed by atoms with Crippen molar-refractivity contribution in [2.45, 2.75) is 32.6 Å². The van der Waals surface area contributed by atoms with Crippen LogP contribution in [0.3, 0.4) is 0 Å². The van der Waals surface area contributed by atoms with Crippen molar-refractivity contribution in [1.29, 1.82) is 0 Å². The Kier molecular flexibility index (Phi) is 3.94. The third kappa shape index (κ3) is 3.40. The summed E-state index contributed by atoms with van der Waals surface area (Å²) < 4.78 is 5.35. The maximum Gasteiger partial charge on any atom is 0.315 e. The summed E-state index contributed by atoms with van der Waals surface area (Å²) in [6.45, 7) is 3.57. The number of carbonyl (C=O) groups is 1. The van der Waals surface area contributed by atoms with Crippen LogP contribution in [0.1, 0.15) is 35.7 Å². The molecule has 0 aliphatic rings. The van der Waals surface area contributed by atoms with Gasteiger partial charge in [-0.05, 0) is 25.8 Å². The highest BCUT2D eigenvalue weighted by atomic mass is 16.4. The molecule has 1 atom stereocenters. The first-order valence-electron chi connectivity index (χ1n) is 6.17. The number of carboxylic acid groups (broad SMARTS) is 1. The van der Waals surface area contributed by atoms with Gasteiger partial charge in [-0.15, -0.1) is 10.2 Å². The molecule has 0 bridgehead atoms. The maximum absolute atomic E-state index is 10.8. The number of aryl methyl sites for hydroxylation is 3. The second-order valence-corrected chi connectivity index (χ2v) is 4.58. The molecule has 0 saturated heterocycles. The van der Waals surface area contributed by atoms with Crippen LogP contribution in [0.15, 0.2) is 28.7 Å². The number of benzene rings is 1. The first kappa shape index (κ1) is 13.3. The zero-order chi connectivity index (χ0) is 13.8. The number of hydrogen-bond donors (Lipinski definition) is 1. The number of nitrogens with zero attached hydrogens (tertiary/aromatic N) is 2. The number of hydrogen-bond acceptors (Lipinski definition) is 4. The summed E-state index contributed by atoms with van der Waals surface area (Å²) in [4.78, 5) is 10.8. The highest BCUT2D eigenvalue weighted by molar-refractivity contribution is 5.73. The molecule has 1 heterocycles. The molecule has 0 amide bonds. The standard InChI is InChI=1S/C14H16N2O3/c1-9-3-5-11(6-4-9)7-8-12-15-16-13(19-12)10(2)14(17)18/h3-6,10H,7-8H2,1-2H3,(H,17,18). The second kappa shape index (κ2) is 5.65. The molecule has 0 aliphatic heterocycles. The maximum atomic E-state index is 10.8. The summed E-state index contributed by atoms with van der Waals surface area (Å²) in [5.41, 5.74) is 2.41. The van der Waals surface area contributed by atoms with Crippen LogP contribution < -0.4 is 0 Å². The molecule has 0 radical (unpaired) electrons. The molecule has 1 aromatic carbocycles. The van der Waals surface area contributed by atoms with Crippen molar-refractivity contribution in [2.75, 3.05) is 0 Å². The van der Waals surface area contributed by atoms with Gasteiger partial charge in [0.1, 0.15) is 5.92 Å². The molecule has 0 aliphatic carbocycles. The molecule has 1 unspecified atom stereocenters. The molecular weight excluding hydrogens is 244 g/mol. The predicted molar refractivity (Wildman–Crippen MR) is 68.9 cm³/mol. The van der Waals surface area contributed by atoms with Crippen molar-refractivity contribution in [3.63, 3.8) is 0 Å². The minimum Gasteiger partial charge on any atom is -0.481 e. The molecule has 100 valence electrons. The van der Waals surface area contributed by atoms with Crippen LogP contribution in [0.25, 0.3) is 0 Å². The van der Waals surface area contributed by atoms with Crippen LogP contribution in [0, 0.1) is 6.92 Å². The monoisotopic (exact) mass is 260 g/mol.